The number of nitro groups is 3. The first-order chi connectivity index (χ1) is 18.2. The minimum atomic E-state index is -0.800. The largest absolute Gasteiger partial charge is 0.490 e. The Morgan fingerprint density at radius 3 is 2.24 bits per heavy atom. The topological polar surface area (TPSA) is 199 Å². The fourth-order valence-electron chi connectivity index (χ4n) is 3.01. The van der Waals surface area contributed by atoms with E-state index in [0.717, 1.165) is 18.2 Å². The molecule has 0 bridgehead atoms. The first-order valence-electron chi connectivity index (χ1n) is 10.7. The van der Waals surface area contributed by atoms with Crippen LogP contribution in [-0.4, -0.2) is 40.1 Å². The molecule has 0 fully saturated rings. The highest BCUT2D eigenvalue weighted by Crippen LogP contribution is 2.38. The van der Waals surface area contributed by atoms with Crippen LogP contribution >= 0.6 is 0 Å². The van der Waals surface area contributed by atoms with Crippen LogP contribution in [0.4, 0.5) is 17.1 Å². The van der Waals surface area contributed by atoms with Gasteiger partial charge in [0.05, 0.1) is 33.7 Å². The fourth-order valence-corrected chi connectivity index (χ4v) is 3.01. The third-order valence-corrected chi connectivity index (χ3v) is 4.66. The molecule has 0 aliphatic heterocycles. The van der Waals surface area contributed by atoms with Crippen LogP contribution in [0, 0.1) is 30.3 Å². The number of amides is 1. The Balaban J connectivity index is 1.69. The van der Waals surface area contributed by atoms with Gasteiger partial charge in [-0.3, -0.25) is 35.1 Å². The first kappa shape index (κ1) is 27.0. The number of carbonyl (C=O) groups excluding carboxylic acids is 1. The van der Waals surface area contributed by atoms with Gasteiger partial charge in [-0.1, -0.05) is 12.1 Å². The zero-order valence-electron chi connectivity index (χ0n) is 19.6. The van der Waals surface area contributed by atoms with Crippen molar-refractivity contribution in [2.24, 2.45) is 5.10 Å². The summed E-state index contributed by atoms with van der Waals surface area (Å²) in [6.45, 7) is 1.41. The summed E-state index contributed by atoms with van der Waals surface area (Å²) in [4.78, 5) is 43.1. The highest BCUT2D eigenvalue weighted by Gasteiger charge is 2.22. The number of hydrazone groups is 1. The molecule has 0 radical (unpaired) electrons. The number of carbonyl (C=O) groups is 1. The molecule has 1 N–H and O–H groups in total. The smallest absolute Gasteiger partial charge is 0.318 e. The van der Waals surface area contributed by atoms with Gasteiger partial charge in [0.2, 0.25) is 5.75 Å². The average molecular weight is 525 g/mol. The number of nitro benzene ring substituents is 3. The highest BCUT2D eigenvalue weighted by atomic mass is 16.6. The van der Waals surface area contributed by atoms with Crippen molar-refractivity contribution in [1.29, 1.82) is 0 Å². The lowest BCUT2D eigenvalue weighted by Gasteiger charge is -2.12. The summed E-state index contributed by atoms with van der Waals surface area (Å²) in [6.07, 6.45) is 1.28. The van der Waals surface area contributed by atoms with E-state index in [1.165, 1.54) is 48.7 Å². The van der Waals surface area contributed by atoms with E-state index in [4.69, 9.17) is 14.2 Å². The quantitative estimate of drug-likeness (QED) is 0.204. The second kappa shape index (κ2) is 12.4. The molecule has 1 amide bonds. The summed E-state index contributed by atoms with van der Waals surface area (Å²) >= 11 is 0. The summed E-state index contributed by atoms with van der Waals surface area (Å²) < 4.78 is 16.3. The highest BCUT2D eigenvalue weighted by molar-refractivity contribution is 5.83. The van der Waals surface area contributed by atoms with Crippen LogP contribution in [0.2, 0.25) is 0 Å². The Morgan fingerprint density at radius 2 is 1.55 bits per heavy atom. The van der Waals surface area contributed by atoms with Gasteiger partial charge in [0.1, 0.15) is 0 Å². The molecule has 0 saturated heterocycles. The van der Waals surface area contributed by atoms with Crippen molar-refractivity contribution in [1.82, 2.24) is 5.43 Å². The average Bonchev–Trinajstić information content (AvgIpc) is 2.89. The number of hydrogen-bond donors (Lipinski definition) is 1. The Morgan fingerprint density at radius 1 is 0.842 bits per heavy atom. The zero-order valence-corrected chi connectivity index (χ0v) is 19.6. The van der Waals surface area contributed by atoms with E-state index in [2.05, 4.69) is 10.5 Å². The molecule has 0 spiro atoms. The second-order valence-corrected chi connectivity index (χ2v) is 7.21. The third kappa shape index (κ3) is 6.97. The lowest BCUT2D eigenvalue weighted by Crippen LogP contribution is -2.24. The third-order valence-electron chi connectivity index (χ3n) is 4.66. The lowest BCUT2D eigenvalue weighted by atomic mass is 10.2. The van der Waals surface area contributed by atoms with Gasteiger partial charge in [0.25, 0.3) is 11.6 Å². The summed E-state index contributed by atoms with van der Waals surface area (Å²) in [5.41, 5.74) is 1.34. The number of rotatable bonds is 12. The monoisotopic (exact) mass is 525 g/mol. The molecular formula is C23H19N5O10. The minimum absolute atomic E-state index is 0.0677. The van der Waals surface area contributed by atoms with Crippen molar-refractivity contribution < 1.29 is 33.8 Å². The first-order valence-corrected chi connectivity index (χ1v) is 10.7. The van der Waals surface area contributed by atoms with Gasteiger partial charge in [-0.25, -0.2) is 5.43 Å². The number of nitrogens with zero attached hydrogens (tertiary/aromatic N) is 4. The van der Waals surface area contributed by atoms with Crippen molar-refractivity contribution in [3.8, 4) is 23.0 Å². The van der Waals surface area contributed by atoms with Crippen LogP contribution in [0.5, 0.6) is 23.0 Å². The summed E-state index contributed by atoms with van der Waals surface area (Å²) in [5, 5.41) is 37.1. The molecule has 0 atom stereocenters. The molecular weight excluding hydrogens is 506 g/mol. The maximum atomic E-state index is 12.0. The Labute approximate surface area is 213 Å². The van der Waals surface area contributed by atoms with Gasteiger partial charge in [0.15, 0.2) is 23.9 Å². The molecule has 0 aliphatic carbocycles. The molecule has 15 heteroatoms. The molecule has 0 saturated carbocycles. The SMILES string of the molecule is CCOc1cc(/C=N/NC(=O)COc2ccccc2[N+](=O)[O-])ccc1Oc1ccc([N+](=O)[O-])cc1[N+](=O)[O-]. The van der Waals surface area contributed by atoms with Gasteiger partial charge >= 0.3 is 11.4 Å². The number of ether oxygens (including phenoxy) is 3. The fraction of sp³-hybridized carbons (Fsp3) is 0.130. The summed E-state index contributed by atoms with van der Waals surface area (Å²) in [7, 11) is 0. The predicted octanol–water partition coefficient (Wildman–Crippen LogP) is 4.13. The van der Waals surface area contributed by atoms with Crippen LogP contribution in [0.25, 0.3) is 0 Å². The van der Waals surface area contributed by atoms with Crippen molar-refractivity contribution in [3.05, 3.63) is 96.6 Å². The van der Waals surface area contributed by atoms with E-state index >= 15 is 0 Å². The van der Waals surface area contributed by atoms with Crippen LogP contribution in [0.1, 0.15) is 12.5 Å². The summed E-state index contributed by atoms with van der Waals surface area (Å²) in [5.74, 6) is -0.677. The number of non-ortho nitro benzene ring substituents is 1. The van der Waals surface area contributed by atoms with Gasteiger partial charge in [-0.05, 0) is 42.8 Å². The molecule has 38 heavy (non-hydrogen) atoms. The van der Waals surface area contributed by atoms with E-state index in [-0.39, 0.29) is 35.3 Å². The van der Waals surface area contributed by atoms with Crippen LogP contribution in [-0.2, 0) is 4.79 Å². The molecule has 0 unspecified atom stereocenters. The maximum Gasteiger partial charge on any atom is 0.318 e. The molecule has 3 rings (SSSR count). The van der Waals surface area contributed by atoms with Crippen LogP contribution in [0.15, 0.2) is 65.8 Å². The van der Waals surface area contributed by atoms with E-state index in [9.17, 15) is 35.1 Å². The molecule has 15 nitrogen and oxygen atoms in total. The predicted molar refractivity (Wildman–Crippen MR) is 132 cm³/mol. The molecule has 0 aromatic heterocycles. The zero-order chi connectivity index (χ0) is 27.7. The normalized spacial score (nSPS) is 10.6. The number of hydrogen-bond acceptors (Lipinski definition) is 11. The van der Waals surface area contributed by atoms with E-state index in [1.54, 1.807) is 6.92 Å². The van der Waals surface area contributed by atoms with Crippen LogP contribution in [0.3, 0.4) is 0 Å². The van der Waals surface area contributed by atoms with E-state index in [1.807, 2.05) is 0 Å². The van der Waals surface area contributed by atoms with Crippen molar-refractivity contribution in [2.45, 2.75) is 6.92 Å². The number of nitrogens with one attached hydrogen (secondary N) is 1. The Bertz CT molecular complexity index is 1410. The van der Waals surface area contributed by atoms with Crippen molar-refractivity contribution in [3.63, 3.8) is 0 Å². The molecule has 0 aliphatic rings. The van der Waals surface area contributed by atoms with Crippen molar-refractivity contribution >= 4 is 29.2 Å². The second-order valence-electron chi connectivity index (χ2n) is 7.21. The number of benzene rings is 3. The molecule has 3 aromatic carbocycles. The van der Waals surface area contributed by atoms with E-state index < -0.39 is 38.7 Å². The molecule has 196 valence electrons. The Hall–Kier alpha value is -5.60. The maximum absolute atomic E-state index is 12.0. The summed E-state index contributed by atoms with van der Waals surface area (Å²) in [6, 6.07) is 13.0. The van der Waals surface area contributed by atoms with Gasteiger partial charge in [0, 0.05) is 12.1 Å². The minimum Gasteiger partial charge on any atom is -0.490 e. The molecule has 3 aromatic rings. The van der Waals surface area contributed by atoms with Gasteiger partial charge < -0.3 is 14.2 Å². The lowest BCUT2D eigenvalue weighted by molar-refractivity contribution is -0.394. The van der Waals surface area contributed by atoms with Crippen LogP contribution < -0.4 is 19.6 Å². The van der Waals surface area contributed by atoms with E-state index in [0.29, 0.717) is 5.56 Å². The number of para-hydroxylation sites is 2. The standard InChI is InChI=1S/C23H19N5O10/c1-2-36-22-11-15(13-24-25-23(29)14-37-19-6-4-3-5-17(19)27(32)33)7-9-21(22)38-20-10-8-16(26(30)31)12-18(20)28(34)35/h3-13H,2,14H2,1H3,(H,25,29)/b24-13+. The Kier molecular flexibility index (Phi) is 8.80. The van der Waals surface area contributed by atoms with Gasteiger partial charge in [-0.2, -0.15) is 5.10 Å². The van der Waals surface area contributed by atoms with Gasteiger partial charge in [-0.15, -0.1) is 0 Å². The molecule has 0 heterocycles. The van der Waals surface area contributed by atoms with Crippen molar-refractivity contribution in [2.75, 3.05) is 13.2 Å².